The average molecular weight is 338 g/mol. The molecular weight excluding hydrogens is 320 g/mol. The summed E-state index contributed by atoms with van der Waals surface area (Å²) in [7, 11) is 0. The second-order valence-electron chi connectivity index (χ2n) is 5.63. The fourth-order valence-corrected chi connectivity index (χ4v) is 2.32. The number of hydrogen-bond acceptors (Lipinski definition) is 5. The van der Waals surface area contributed by atoms with Gasteiger partial charge in [0.2, 0.25) is 0 Å². The third kappa shape index (κ3) is 3.45. The molecule has 0 heterocycles. The Balaban J connectivity index is 1.83. The van der Waals surface area contributed by atoms with Crippen molar-refractivity contribution < 1.29 is 24.8 Å². The van der Waals surface area contributed by atoms with Crippen LogP contribution in [0.25, 0.3) is 0 Å². The number of hydrogen-bond donors (Lipinski definition) is 3. The molecule has 5 heteroatoms. The Morgan fingerprint density at radius 3 is 1.72 bits per heavy atom. The third-order valence-corrected chi connectivity index (χ3v) is 3.89. The Labute approximate surface area is 145 Å². The molecule has 5 nitrogen and oxygen atoms in total. The Bertz CT molecular complexity index is 918. The molecule has 0 aliphatic heterocycles. The molecule has 3 aromatic rings. The highest BCUT2D eigenvalue weighted by Gasteiger charge is 2.11. The summed E-state index contributed by atoms with van der Waals surface area (Å²) in [5.41, 5.74) is 1.19. The predicted octanol–water partition coefficient (Wildman–Crippen LogP) is 5.00. The summed E-state index contributed by atoms with van der Waals surface area (Å²) in [6.07, 6.45) is 0. The van der Waals surface area contributed by atoms with Crippen LogP contribution in [-0.4, -0.2) is 15.3 Å². The maximum absolute atomic E-state index is 10.2. The molecule has 0 unspecified atom stereocenters. The Hall–Kier alpha value is -3.34. The van der Waals surface area contributed by atoms with Gasteiger partial charge in [0.05, 0.1) is 0 Å². The van der Waals surface area contributed by atoms with Gasteiger partial charge in [-0.15, -0.1) is 0 Å². The summed E-state index contributed by atoms with van der Waals surface area (Å²) >= 11 is 0. The van der Waals surface area contributed by atoms with Crippen LogP contribution in [0.1, 0.15) is 11.1 Å². The molecule has 3 N–H and O–H groups in total. The number of phenols is 3. The molecule has 0 saturated carbocycles. The molecule has 3 rings (SSSR count). The highest BCUT2D eigenvalue weighted by Crippen LogP contribution is 2.38. The quantitative estimate of drug-likeness (QED) is 0.623. The van der Waals surface area contributed by atoms with E-state index < -0.39 is 0 Å². The van der Waals surface area contributed by atoms with Crippen LogP contribution >= 0.6 is 0 Å². The second kappa shape index (κ2) is 6.65. The summed E-state index contributed by atoms with van der Waals surface area (Å²) in [6.45, 7) is 3.47. The van der Waals surface area contributed by atoms with Crippen LogP contribution in [-0.2, 0) is 0 Å². The van der Waals surface area contributed by atoms with E-state index in [0.717, 1.165) is 0 Å². The fourth-order valence-electron chi connectivity index (χ4n) is 2.32. The molecule has 0 bridgehead atoms. The zero-order valence-electron chi connectivity index (χ0n) is 13.9. The van der Waals surface area contributed by atoms with Crippen molar-refractivity contribution in [2.24, 2.45) is 0 Å². The molecule has 25 heavy (non-hydrogen) atoms. The molecular formula is C20H18O5. The van der Waals surface area contributed by atoms with E-state index in [1.807, 2.05) is 0 Å². The molecule has 0 atom stereocenters. The van der Waals surface area contributed by atoms with Crippen LogP contribution in [0.4, 0.5) is 0 Å². The van der Waals surface area contributed by atoms with Gasteiger partial charge in [-0.05, 0) is 50.2 Å². The first kappa shape index (κ1) is 16.5. The summed E-state index contributed by atoms with van der Waals surface area (Å²) in [5.74, 6) is 1.76. The number of aromatic hydroxyl groups is 3. The first-order valence-corrected chi connectivity index (χ1v) is 7.71. The largest absolute Gasteiger partial charge is 0.508 e. The van der Waals surface area contributed by atoms with Crippen LogP contribution in [0.2, 0.25) is 0 Å². The smallest absolute Gasteiger partial charge is 0.169 e. The molecule has 128 valence electrons. The maximum Gasteiger partial charge on any atom is 0.169 e. The highest BCUT2D eigenvalue weighted by atomic mass is 16.5. The van der Waals surface area contributed by atoms with E-state index in [2.05, 4.69) is 0 Å². The minimum Gasteiger partial charge on any atom is -0.508 e. The average Bonchev–Trinajstić information content (AvgIpc) is 2.58. The topological polar surface area (TPSA) is 79.2 Å². The van der Waals surface area contributed by atoms with Crippen LogP contribution in [0.5, 0.6) is 40.2 Å². The molecule has 3 aromatic carbocycles. The summed E-state index contributed by atoms with van der Waals surface area (Å²) in [4.78, 5) is 0. The Morgan fingerprint density at radius 1 is 0.600 bits per heavy atom. The molecule has 0 spiro atoms. The Morgan fingerprint density at radius 2 is 1.16 bits per heavy atom. The zero-order chi connectivity index (χ0) is 18.0. The van der Waals surface area contributed by atoms with Gasteiger partial charge in [-0.3, -0.25) is 0 Å². The summed E-state index contributed by atoms with van der Waals surface area (Å²) in [6, 6.07) is 14.6. The number of benzene rings is 3. The standard InChI is InChI=1S/C20H18O5/c1-12-15(21)5-3-7-18(12)24-14-9-10-20(17(23)11-14)25-19-8-4-6-16(22)13(19)2/h3-11,21-23H,1-2H3. The van der Waals surface area contributed by atoms with E-state index in [1.54, 1.807) is 62.4 Å². The van der Waals surface area contributed by atoms with E-state index in [4.69, 9.17) is 9.47 Å². The lowest BCUT2D eigenvalue weighted by Crippen LogP contribution is -1.91. The second-order valence-corrected chi connectivity index (χ2v) is 5.63. The van der Waals surface area contributed by atoms with E-state index in [9.17, 15) is 15.3 Å². The summed E-state index contributed by atoms with van der Waals surface area (Å²) in [5, 5.41) is 29.6. The van der Waals surface area contributed by atoms with Gasteiger partial charge in [0.25, 0.3) is 0 Å². The normalized spacial score (nSPS) is 10.5. The van der Waals surface area contributed by atoms with Crippen molar-refractivity contribution in [1.29, 1.82) is 0 Å². The van der Waals surface area contributed by atoms with Crippen molar-refractivity contribution in [2.45, 2.75) is 13.8 Å². The fraction of sp³-hybridized carbons (Fsp3) is 0.100. The van der Waals surface area contributed by atoms with Gasteiger partial charge < -0.3 is 24.8 Å². The van der Waals surface area contributed by atoms with E-state index in [1.165, 1.54) is 6.07 Å². The van der Waals surface area contributed by atoms with Crippen molar-refractivity contribution in [1.82, 2.24) is 0 Å². The van der Waals surface area contributed by atoms with Gasteiger partial charge in [0.15, 0.2) is 11.5 Å². The molecule has 0 saturated heterocycles. The minimum atomic E-state index is -0.0990. The van der Waals surface area contributed by atoms with Crippen LogP contribution < -0.4 is 9.47 Å². The van der Waals surface area contributed by atoms with E-state index >= 15 is 0 Å². The lowest BCUT2D eigenvalue weighted by atomic mass is 10.2. The highest BCUT2D eigenvalue weighted by molar-refractivity contribution is 5.51. The SMILES string of the molecule is Cc1c(O)cccc1Oc1ccc(Oc2cccc(O)c2C)c(O)c1. The lowest BCUT2D eigenvalue weighted by molar-refractivity contribution is 0.399. The molecule has 0 amide bonds. The van der Waals surface area contributed by atoms with Crippen molar-refractivity contribution in [3.8, 4) is 40.2 Å². The molecule has 0 aliphatic carbocycles. The Kier molecular flexibility index (Phi) is 4.39. The van der Waals surface area contributed by atoms with Gasteiger partial charge in [-0.25, -0.2) is 0 Å². The zero-order valence-corrected chi connectivity index (χ0v) is 13.9. The lowest BCUT2D eigenvalue weighted by Gasteiger charge is -2.13. The summed E-state index contributed by atoms with van der Waals surface area (Å²) < 4.78 is 11.4. The number of ether oxygens (including phenoxy) is 2. The number of rotatable bonds is 4. The third-order valence-electron chi connectivity index (χ3n) is 3.89. The van der Waals surface area contributed by atoms with Gasteiger partial charge >= 0.3 is 0 Å². The first-order valence-electron chi connectivity index (χ1n) is 7.71. The van der Waals surface area contributed by atoms with Crippen molar-refractivity contribution in [3.05, 3.63) is 65.7 Å². The van der Waals surface area contributed by atoms with Gasteiger partial charge in [-0.1, -0.05) is 12.1 Å². The van der Waals surface area contributed by atoms with Crippen LogP contribution in [0, 0.1) is 13.8 Å². The maximum atomic E-state index is 10.2. The molecule has 0 radical (unpaired) electrons. The first-order chi connectivity index (χ1) is 12.0. The monoisotopic (exact) mass is 338 g/mol. The van der Waals surface area contributed by atoms with E-state index in [-0.39, 0.29) is 23.0 Å². The number of phenolic OH excluding ortho intramolecular Hbond substituents is 3. The van der Waals surface area contributed by atoms with Crippen LogP contribution in [0.15, 0.2) is 54.6 Å². The van der Waals surface area contributed by atoms with Gasteiger partial charge in [-0.2, -0.15) is 0 Å². The van der Waals surface area contributed by atoms with Crippen molar-refractivity contribution in [2.75, 3.05) is 0 Å². The van der Waals surface area contributed by atoms with E-state index in [0.29, 0.717) is 28.4 Å². The molecule has 0 aromatic heterocycles. The van der Waals surface area contributed by atoms with Gasteiger partial charge in [0.1, 0.15) is 28.7 Å². The van der Waals surface area contributed by atoms with Crippen LogP contribution in [0.3, 0.4) is 0 Å². The van der Waals surface area contributed by atoms with Crippen molar-refractivity contribution in [3.63, 3.8) is 0 Å². The predicted molar refractivity (Wildman–Crippen MR) is 93.9 cm³/mol. The van der Waals surface area contributed by atoms with Gasteiger partial charge in [0, 0.05) is 17.2 Å². The molecule has 0 aliphatic rings. The van der Waals surface area contributed by atoms with Crippen molar-refractivity contribution >= 4 is 0 Å². The molecule has 0 fully saturated rings. The minimum absolute atomic E-state index is 0.0990.